The summed E-state index contributed by atoms with van der Waals surface area (Å²) in [4.78, 5) is 23.5. The summed E-state index contributed by atoms with van der Waals surface area (Å²) < 4.78 is 13.4. The molecule has 9 heteroatoms. The first-order chi connectivity index (χ1) is 16.5. The summed E-state index contributed by atoms with van der Waals surface area (Å²) in [5, 5.41) is 18.0. The number of halogens is 1. The monoisotopic (exact) mass is 481 g/mol. The number of carbonyl (C=O) groups excluding carboxylic acids is 2. The van der Waals surface area contributed by atoms with E-state index in [1.165, 1.54) is 11.6 Å². The number of hydrogen-bond donors (Lipinski definition) is 5. The molecule has 1 atom stereocenters. The van der Waals surface area contributed by atoms with Crippen molar-refractivity contribution in [2.75, 3.05) is 6.54 Å². The molecule has 1 saturated heterocycles. The minimum atomic E-state index is -0.343. The fourth-order valence-electron chi connectivity index (χ4n) is 4.66. The van der Waals surface area contributed by atoms with Gasteiger partial charge in [0.1, 0.15) is 12.1 Å². The Kier molecular flexibility index (Phi) is 6.96. The summed E-state index contributed by atoms with van der Waals surface area (Å²) in [5.74, 6) is -0.549. The third kappa shape index (κ3) is 5.67. The van der Waals surface area contributed by atoms with Crippen LogP contribution in [0.15, 0.2) is 59.2 Å². The Labute approximate surface area is 202 Å². The van der Waals surface area contributed by atoms with Gasteiger partial charge in [0, 0.05) is 30.9 Å². The number of hydrogen-bond acceptors (Lipinski definition) is 7. The van der Waals surface area contributed by atoms with Crippen LogP contribution in [-0.4, -0.2) is 36.1 Å². The topological polar surface area (TPSA) is 94.3 Å². The van der Waals surface area contributed by atoms with E-state index in [1.54, 1.807) is 12.1 Å². The summed E-state index contributed by atoms with van der Waals surface area (Å²) in [6.07, 6.45) is 7.93. The van der Waals surface area contributed by atoms with Gasteiger partial charge in [0.2, 0.25) is 0 Å². The van der Waals surface area contributed by atoms with Crippen molar-refractivity contribution in [3.63, 3.8) is 0 Å². The predicted octanol–water partition coefficient (Wildman–Crippen LogP) is 3.20. The normalized spacial score (nSPS) is 26.4. The molecule has 178 valence electrons. The third-order valence-electron chi connectivity index (χ3n) is 6.47. The molecule has 1 saturated carbocycles. The number of thioether (sulfide) groups is 1. The maximum atomic E-state index is 13.4. The lowest BCUT2D eigenvalue weighted by Gasteiger charge is -2.35. The second-order valence-electron chi connectivity index (χ2n) is 8.92. The minimum Gasteiger partial charge on any atom is -0.358 e. The summed E-state index contributed by atoms with van der Waals surface area (Å²) >= 11 is 0.926. The molecule has 1 aliphatic carbocycles. The smallest absolute Gasteiger partial charge is 0.290 e. The zero-order valence-electron chi connectivity index (χ0n) is 18.7. The van der Waals surface area contributed by atoms with Gasteiger partial charge in [-0.3, -0.25) is 25.5 Å². The number of fused-ring (bicyclic) bond motifs is 1. The zero-order valence-corrected chi connectivity index (χ0v) is 19.5. The Morgan fingerprint density at radius 2 is 1.79 bits per heavy atom. The fraction of sp³-hybridized carbons (Fsp3) is 0.360. The lowest BCUT2D eigenvalue weighted by atomic mass is 9.91. The molecule has 7 nitrogen and oxygen atoms in total. The lowest BCUT2D eigenvalue weighted by molar-refractivity contribution is -0.115. The molecule has 5 rings (SSSR count). The average molecular weight is 482 g/mol. The van der Waals surface area contributed by atoms with Gasteiger partial charge in [0.15, 0.2) is 0 Å². The molecule has 0 radical (unpaired) electrons. The van der Waals surface area contributed by atoms with E-state index in [2.05, 4.69) is 38.7 Å². The van der Waals surface area contributed by atoms with Gasteiger partial charge >= 0.3 is 0 Å². The molecule has 0 aromatic heterocycles. The van der Waals surface area contributed by atoms with Crippen LogP contribution in [0.5, 0.6) is 0 Å². The molecular formula is C25H28FN5O2S. The van der Waals surface area contributed by atoms with E-state index < -0.39 is 0 Å². The number of allylic oxidation sites excluding steroid dienone is 1. The number of amides is 2. The number of imide groups is 1. The highest BCUT2D eigenvalue weighted by Crippen LogP contribution is 2.25. The van der Waals surface area contributed by atoms with Crippen LogP contribution in [-0.2, 0) is 11.3 Å². The van der Waals surface area contributed by atoms with Gasteiger partial charge in [-0.15, -0.1) is 0 Å². The van der Waals surface area contributed by atoms with Crippen LogP contribution in [0.4, 0.5) is 9.18 Å². The molecule has 0 spiro atoms. The van der Waals surface area contributed by atoms with Crippen molar-refractivity contribution in [1.29, 1.82) is 0 Å². The van der Waals surface area contributed by atoms with Gasteiger partial charge in [-0.2, -0.15) is 0 Å². The molecule has 2 aliphatic heterocycles. The van der Waals surface area contributed by atoms with Crippen molar-refractivity contribution in [2.24, 2.45) is 0 Å². The first-order valence-corrected chi connectivity index (χ1v) is 12.5. The van der Waals surface area contributed by atoms with E-state index in [1.807, 2.05) is 18.2 Å². The largest absolute Gasteiger partial charge is 0.358 e. The van der Waals surface area contributed by atoms with Crippen LogP contribution >= 0.6 is 11.8 Å². The molecule has 5 N–H and O–H groups in total. The molecule has 2 aromatic carbocycles. The highest BCUT2D eigenvalue weighted by Gasteiger charge is 2.27. The van der Waals surface area contributed by atoms with E-state index in [4.69, 9.17) is 0 Å². The fourth-order valence-corrected chi connectivity index (χ4v) is 5.34. The molecule has 3 aliphatic rings. The van der Waals surface area contributed by atoms with E-state index in [0.29, 0.717) is 23.5 Å². The summed E-state index contributed by atoms with van der Waals surface area (Å²) in [6, 6.07) is 11.9. The van der Waals surface area contributed by atoms with Crippen LogP contribution in [0.3, 0.4) is 0 Å². The van der Waals surface area contributed by atoms with E-state index in [9.17, 15) is 14.0 Å². The number of benzene rings is 2. The highest BCUT2D eigenvalue weighted by atomic mass is 32.2. The lowest BCUT2D eigenvalue weighted by Crippen LogP contribution is -2.58. The van der Waals surface area contributed by atoms with Gasteiger partial charge in [0.25, 0.3) is 11.1 Å². The van der Waals surface area contributed by atoms with Crippen LogP contribution in [0.1, 0.15) is 31.2 Å². The quantitative estimate of drug-likeness (QED) is 0.405. The Hall–Kier alpha value is -2.72. The van der Waals surface area contributed by atoms with Crippen molar-refractivity contribution < 1.29 is 14.0 Å². The standard InChI is InChI=1S/C25H28FN5O2S/c26-18-4-3-16-11-15(1-2-17(16)12-18)14-28-19-5-7-20(8-6-19)29-24-27-10-9-21(30-24)13-22-23(32)31-25(33)34-22/h1-4,9,11-13,19-20,24,27-30H,5-8,10,14H2,(H,31,32,33)/b22-13-. The summed E-state index contributed by atoms with van der Waals surface area (Å²) in [7, 11) is 0. The van der Waals surface area contributed by atoms with Crippen molar-refractivity contribution in [2.45, 2.75) is 50.6 Å². The molecule has 2 heterocycles. The molecule has 2 aromatic rings. The van der Waals surface area contributed by atoms with Crippen molar-refractivity contribution >= 4 is 33.7 Å². The van der Waals surface area contributed by atoms with Gasteiger partial charge in [-0.1, -0.05) is 18.2 Å². The number of rotatable bonds is 6. The molecule has 34 heavy (non-hydrogen) atoms. The van der Waals surface area contributed by atoms with Gasteiger partial charge < -0.3 is 10.6 Å². The minimum absolute atomic E-state index is 0.0843. The van der Waals surface area contributed by atoms with E-state index >= 15 is 0 Å². The molecule has 2 amide bonds. The summed E-state index contributed by atoms with van der Waals surface area (Å²) in [6.45, 7) is 1.48. The first kappa shape index (κ1) is 23.0. The van der Waals surface area contributed by atoms with E-state index in [0.717, 1.165) is 60.5 Å². The Morgan fingerprint density at radius 1 is 1.03 bits per heavy atom. The summed E-state index contributed by atoms with van der Waals surface area (Å²) in [5.41, 5.74) is 2.04. The van der Waals surface area contributed by atoms with Crippen LogP contribution in [0, 0.1) is 5.82 Å². The predicted molar refractivity (Wildman–Crippen MR) is 132 cm³/mol. The number of nitrogens with one attached hydrogen (secondary N) is 5. The van der Waals surface area contributed by atoms with Gasteiger partial charge in [-0.25, -0.2) is 4.39 Å². The van der Waals surface area contributed by atoms with Crippen molar-refractivity contribution in [1.82, 2.24) is 26.6 Å². The maximum Gasteiger partial charge on any atom is 0.290 e. The molecule has 2 fully saturated rings. The van der Waals surface area contributed by atoms with Crippen LogP contribution in [0.25, 0.3) is 10.8 Å². The van der Waals surface area contributed by atoms with Gasteiger partial charge in [0.05, 0.1) is 4.91 Å². The Bertz CT molecular complexity index is 1160. The second kappa shape index (κ2) is 10.3. The van der Waals surface area contributed by atoms with Crippen molar-refractivity contribution in [3.05, 3.63) is 70.5 Å². The zero-order chi connectivity index (χ0) is 23.5. The third-order valence-corrected chi connectivity index (χ3v) is 7.29. The van der Waals surface area contributed by atoms with Gasteiger partial charge in [-0.05, 0) is 84.1 Å². The van der Waals surface area contributed by atoms with Crippen LogP contribution < -0.4 is 26.6 Å². The second-order valence-corrected chi connectivity index (χ2v) is 9.93. The van der Waals surface area contributed by atoms with Crippen LogP contribution in [0.2, 0.25) is 0 Å². The van der Waals surface area contributed by atoms with E-state index in [-0.39, 0.29) is 23.3 Å². The highest BCUT2D eigenvalue weighted by molar-refractivity contribution is 8.18. The Balaban J connectivity index is 1.07. The Morgan fingerprint density at radius 3 is 2.59 bits per heavy atom. The van der Waals surface area contributed by atoms with Crippen molar-refractivity contribution in [3.8, 4) is 0 Å². The maximum absolute atomic E-state index is 13.4. The molecule has 0 bridgehead atoms. The first-order valence-electron chi connectivity index (χ1n) is 11.6. The number of carbonyl (C=O) groups is 2. The molecular weight excluding hydrogens is 453 g/mol. The average Bonchev–Trinajstić information content (AvgIpc) is 3.15. The molecule has 1 unspecified atom stereocenters. The SMILES string of the molecule is O=C1NC(=O)/C(=C/C2=CCNC(NC3CCC(NCc4ccc5cc(F)ccc5c4)CC3)N2)S1.